The third-order valence-electron chi connectivity index (χ3n) is 2.33. The van der Waals surface area contributed by atoms with Crippen molar-refractivity contribution in [2.45, 2.75) is 6.92 Å². The quantitative estimate of drug-likeness (QED) is 0.846. The van der Waals surface area contributed by atoms with Crippen LogP contribution >= 0.6 is 0 Å². The SMILES string of the molecule is Cc1ccc(NC(=O)c2ccnc(N)c2F)cn1. The van der Waals surface area contributed by atoms with Gasteiger partial charge in [-0.3, -0.25) is 9.78 Å². The van der Waals surface area contributed by atoms with Gasteiger partial charge >= 0.3 is 0 Å². The third kappa shape index (κ3) is 2.42. The van der Waals surface area contributed by atoms with Crippen molar-refractivity contribution in [1.29, 1.82) is 0 Å². The summed E-state index contributed by atoms with van der Waals surface area (Å²) in [5.41, 5.74) is 6.46. The maximum Gasteiger partial charge on any atom is 0.258 e. The lowest BCUT2D eigenvalue weighted by atomic mass is 10.2. The minimum absolute atomic E-state index is 0.150. The molecule has 0 saturated carbocycles. The highest BCUT2D eigenvalue weighted by atomic mass is 19.1. The molecule has 0 saturated heterocycles. The Bertz CT molecular complexity index is 583. The van der Waals surface area contributed by atoms with Gasteiger partial charge in [-0.15, -0.1) is 0 Å². The monoisotopic (exact) mass is 246 g/mol. The highest BCUT2D eigenvalue weighted by Crippen LogP contribution is 2.14. The van der Waals surface area contributed by atoms with E-state index in [0.717, 1.165) is 5.69 Å². The lowest BCUT2D eigenvalue weighted by molar-refractivity contribution is 0.102. The van der Waals surface area contributed by atoms with Crippen LogP contribution in [0, 0.1) is 12.7 Å². The Kier molecular flexibility index (Phi) is 3.18. The molecule has 92 valence electrons. The zero-order chi connectivity index (χ0) is 13.1. The smallest absolute Gasteiger partial charge is 0.258 e. The van der Waals surface area contributed by atoms with E-state index in [1.807, 2.05) is 6.92 Å². The van der Waals surface area contributed by atoms with Crippen molar-refractivity contribution in [3.05, 3.63) is 47.7 Å². The van der Waals surface area contributed by atoms with Crippen LogP contribution in [0.4, 0.5) is 15.9 Å². The summed E-state index contributed by atoms with van der Waals surface area (Å²) in [5, 5.41) is 2.53. The molecule has 0 fully saturated rings. The summed E-state index contributed by atoms with van der Waals surface area (Å²) in [4.78, 5) is 19.4. The summed E-state index contributed by atoms with van der Waals surface area (Å²) < 4.78 is 13.6. The van der Waals surface area contributed by atoms with Crippen LogP contribution < -0.4 is 11.1 Å². The number of carbonyl (C=O) groups excluding carboxylic acids is 1. The number of aryl methyl sites for hydroxylation is 1. The van der Waals surface area contributed by atoms with Crippen LogP contribution in [0.3, 0.4) is 0 Å². The first-order valence-corrected chi connectivity index (χ1v) is 5.22. The molecule has 2 heterocycles. The molecule has 0 aliphatic heterocycles. The van der Waals surface area contributed by atoms with Crippen LogP contribution in [0.25, 0.3) is 0 Å². The summed E-state index contributed by atoms with van der Waals surface area (Å²) in [6.07, 6.45) is 2.77. The Morgan fingerprint density at radius 1 is 1.33 bits per heavy atom. The number of anilines is 2. The van der Waals surface area contributed by atoms with Crippen LogP contribution in [-0.2, 0) is 0 Å². The fourth-order valence-electron chi connectivity index (χ4n) is 1.38. The van der Waals surface area contributed by atoms with Gasteiger partial charge in [0.15, 0.2) is 11.6 Å². The molecule has 0 aliphatic carbocycles. The van der Waals surface area contributed by atoms with E-state index in [1.165, 1.54) is 18.5 Å². The van der Waals surface area contributed by atoms with Crippen molar-refractivity contribution >= 4 is 17.4 Å². The second-order valence-corrected chi connectivity index (χ2v) is 3.70. The standard InChI is InChI=1S/C12H11FN4O/c1-7-2-3-8(6-16-7)17-12(18)9-4-5-15-11(14)10(9)13/h2-6H,1H3,(H2,14,15)(H,17,18). The third-order valence-corrected chi connectivity index (χ3v) is 2.33. The number of nitrogens with one attached hydrogen (secondary N) is 1. The van der Waals surface area contributed by atoms with Gasteiger partial charge in [0.05, 0.1) is 17.4 Å². The predicted molar refractivity (Wildman–Crippen MR) is 65.5 cm³/mol. The van der Waals surface area contributed by atoms with E-state index in [9.17, 15) is 9.18 Å². The largest absolute Gasteiger partial charge is 0.381 e. The van der Waals surface area contributed by atoms with E-state index in [4.69, 9.17) is 5.73 Å². The molecular weight excluding hydrogens is 235 g/mol. The van der Waals surface area contributed by atoms with E-state index >= 15 is 0 Å². The molecule has 2 aromatic heterocycles. The van der Waals surface area contributed by atoms with Gasteiger partial charge in [-0.2, -0.15) is 0 Å². The highest BCUT2D eigenvalue weighted by molar-refractivity contribution is 6.04. The van der Waals surface area contributed by atoms with Gasteiger partial charge < -0.3 is 11.1 Å². The molecule has 0 aromatic carbocycles. The number of halogens is 1. The molecular formula is C12H11FN4O. The summed E-state index contributed by atoms with van der Waals surface area (Å²) in [7, 11) is 0. The maximum absolute atomic E-state index is 13.6. The van der Waals surface area contributed by atoms with E-state index in [-0.39, 0.29) is 11.4 Å². The number of carbonyl (C=O) groups is 1. The maximum atomic E-state index is 13.6. The number of nitrogens with zero attached hydrogens (tertiary/aromatic N) is 2. The number of hydrogen-bond donors (Lipinski definition) is 2. The van der Waals surface area contributed by atoms with Gasteiger partial charge in [-0.25, -0.2) is 9.37 Å². The van der Waals surface area contributed by atoms with Crippen molar-refractivity contribution < 1.29 is 9.18 Å². The van der Waals surface area contributed by atoms with Gasteiger partial charge in [-0.05, 0) is 25.1 Å². The van der Waals surface area contributed by atoms with E-state index in [0.29, 0.717) is 5.69 Å². The number of pyridine rings is 2. The Hall–Kier alpha value is -2.50. The zero-order valence-corrected chi connectivity index (χ0v) is 9.64. The fourth-order valence-corrected chi connectivity index (χ4v) is 1.38. The highest BCUT2D eigenvalue weighted by Gasteiger charge is 2.14. The minimum Gasteiger partial charge on any atom is -0.381 e. The second kappa shape index (κ2) is 4.79. The fraction of sp³-hybridized carbons (Fsp3) is 0.0833. The van der Waals surface area contributed by atoms with Crippen molar-refractivity contribution in [2.24, 2.45) is 0 Å². The molecule has 0 spiro atoms. The van der Waals surface area contributed by atoms with Gasteiger partial charge in [0, 0.05) is 11.9 Å². The summed E-state index contributed by atoms with van der Waals surface area (Å²) in [5.74, 6) is -1.72. The van der Waals surface area contributed by atoms with Crippen molar-refractivity contribution in [1.82, 2.24) is 9.97 Å². The lowest BCUT2D eigenvalue weighted by Crippen LogP contribution is -2.15. The first kappa shape index (κ1) is 12.0. The van der Waals surface area contributed by atoms with Crippen molar-refractivity contribution in [2.75, 3.05) is 11.1 Å². The number of hydrogen-bond acceptors (Lipinski definition) is 4. The average Bonchev–Trinajstić information content (AvgIpc) is 2.35. The predicted octanol–water partition coefficient (Wildman–Crippen LogP) is 1.76. The van der Waals surface area contributed by atoms with Crippen molar-refractivity contribution in [3.63, 3.8) is 0 Å². The van der Waals surface area contributed by atoms with E-state index in [2.05, 4.69) is 15.3 Å². The van der Waals surface area contributed by atoms with Crippen LogP contribution in [0.1, 0.15) is 16.1 Å². The van der Waals surface area contributed by atoms with Crippen LogP contribution in [0.5, 0.6) is 0 Å². The average molecular weight is 246 g/mol. The number of rotatable bonds is 2. The molecule has 2 aromatic rings. The van der Waals surface area contributed by atoms with Crippen LogP contribution in [0.2, 0.25) is 0 Å². The number of nitrogen functional groups attached to an aromatic ring is 1. The lowest BCUT2D eigenvalue weighted by Gasteiger charge is -2.06. The van der Waals surface area contributed by atoms with Crippen LogP contribution in [-0.4, -0.2) is 15.9 Å². The molecule has 18 heavy (non-hydrogen) atoms. The van der Waals surface area contributed by atoms with E-state index in [1.54, 1.807) is 12.1 Å². The number of aromatic nitrogens is 2. The molecule has 0 unspecified atom stereocenters. The summed E-state index contributed by atoms with van der Waals surface area (Å²) in [6.45, 7) is 1.83. The molecule has 1 amide bonds. The molecule has 3 N–H and O–H groups in total. The Morgan fingerprint density at radius 3 is 2.78 bits per heavy atom. The summed E-state index contributed by atoms with van der Waals surface area (Å²) >= 11 is 0. The molecule has 0 aliphatic rings. The Labute approximate surface area is 103 Å². The second-order valence-electron chi connectivity index (χ2n) is 3.70. The molecule has 0 radical (unpaired) electrons. The molecule has 0 atom stereocenters. The first-order valence-electron chi connectivity index (χ1n) is 5.22. The minimum atomic E-state index is -0.824. The normalized spacial score (nSPS) is 10.1. The van der Waals surface area contributed by atoms with Gasteiger partial charge in [-0.1, -0.05) is 0 Å². The van der Waals surface area contributed by atoms with Gasteiger partial charge in [0.1, 0.15) is 0 Å². The number of nitrogens with two attached hydrogens (primary N) is 1. The van der Waals surface area contributed by atoms with Crippen molar-refractivity contribution in [3.8, 4) is 0 Å². The summed E-state index contributed by atoms with van der Waals surface area (Å²) in [6, 6.07) is 4.69. The zero-order valence-electron chi connectivity index (χ0n) is 9.64. The Morgan fingerprint density at radius 2 is 2.11 bits per heavy atom. The molecule has 6 heteroatoms. The van der Waals surface area contributed by atoms with Gasteiger partial charge in [0.2, 0.25) is 0 Å². The topological polar surface area (TPSA) is 80.9 Å². The Balaban J connectivity index is 2.22. The first-order chi connectivity index (χ1) is 8.58. The van der Waals surface area contributed by atoms with E-state index < -0.39 is 11.7 Å². The molecule has 0 bridgehead atoms. The molecule has 5 nitrogen and oxygen atoms in total. The van der Waals surface area contributed by atoms with Gasteiger partial charge in [0.25, 0.3) is 5.91 Å². The van der Waals surface area contributed by atoms with Crippen LogP contribution in [0.15, 0.2) is 30.6 Å². The molecule has 2 rings (SSSR count). The number of amides is 1.